The Balaban J connectivity index is 1.94. The van der Waals surface area contributed by atoms with Crippen molar-refractivity contribution in [3.63, 3.8) is 0 Å². The molecule has 0 aliphatic heterocycles. The Morgan fingerprint density at radius 3 is 2.93 bits per heavy atom. The van der Waals surface area contributed by atoms with Gasteiger partial charge in [-0.15, -0.1) is 21.5 Å². The highest BCUT2D eigenvalue weighted by Gasteiger charge is 2.01. The summed E-state index contributed by atoms with van der Waals surface area (Å²) in [5.74, 6) is 0. The van der Waals surface area contributed by atoms with Gasteiger partial charge in [-0.3, -0.25) is 0 Å². The first-order valence-corrected chi connectivity index (χ1v) is 6.56. The molecule has 1 N–H and O–H groups in total. The van der Waals surface area contributed by atoms with Gasteiger partial charge in [0.2, 0.25) is 9.60 Å². The summed E-state index contributed by atoms with van der Waals surface area (Å²) in [7, 11) is 0. The minimum atomic E-state index is 0.457. The topological polar surface area (TPSA) is 37.8 Å². The van der Waals surface area contributed by atoms with E-state index in [4.69, 9.17) is 11.6 Å². The van der Waals surface area contributed by atoms with Gasteiger partial charge in [-0.05, 0) is 44.5 Å². The van der Waals surface area contributed by atoms with E-state index in [2.05, 4.69) is 42.9 Å². The van der Waals surface area contributed by atoms with E-state index in [-0.39, 0.29) is 0 Å². The fourth-order valence-electron chi connectivity index (χ4n) is 0.893. The number of halogens is 2. The highest BCUT2D eigenvalue weighted by atomic mass is 79.9. The SMILES string of the molecule is Clc1nnc(NCc2csc(Br)c2)s1. The van der Waals surface area contributed by atoms with E-state index in [0.717, 1.165) is 15.5 Å². The van der Waals surface area contributed by atoms with Crippen molar-refractivity contribution in [2.75, 3.05) is 5.32 Å². The van der Waals surface area contributed by atoms with Gasteiger partial charge in [-0.25, -0.2) is 0 Å². The molecule has 0 radical (unpaired) electrons. The summed E-state index contributed by atoms with van der Waals surface area (Å²) in [6.45, 7) is 0.744. The normalized spacial score (nSPS) is 10.4. The molecule has 0 bridgehead atoms. The highest BCUT2D eigenvalue weighted by Crippen LogP contribution is 2.23. The Hall–Kier alpha value is -0.170. The van der Waals surface area contributed by atoms with Crippen molar-refractivity contribution in [2.24, 2.45) is 0 Å². The minimum Gasteiger partial charge on any atom is -0.356 e. The standard InChI is InChI=1S/C7H5BrClN3S2/c8-5-1-4(3-13-5)2-10-7-12-11-6(9)14-7/h1,3H,2H2,(H,10,12). The monoisotopic (exact) mass is 309 g/mol. The molecule has 2 aromatic heterocycles. The van der Waals surface area contributed by atoms with Gasteiger partial charge in [0.05, 0.1) is 3.79 Å². The number of hydrogen-bond donors (Lipinski definition) is 1. The van der Waals surface area contributed by atoms with E-state index in [1.807, 2.05) is 0 Å². The van der Waals surface area contributed by atoms with Crippen LogP contribution in [0.15, 0.2) is 15.2 Å². The molecule has 2 aromatic rings. The molecular formula is C7H5BrClN3S2. The largest absolute Gasteiger partial charge is 0.356 e. The average molecular weight is 311 g/mol. The average Bonchev–Trinajstić information content (AvgIpc) is 2.72. The van der Waals surface area contributed by atoms with Gasteiger partial charge in [-0.2, -0.15) is 0 Å². The number of hydrogen-bond acceptors (Lipinski definition) is 5. The molecule has 3 nitrogen and oxygen atoms in total. The van der Waals surface area contributed by atoms with Crippen LogP contribution < -0.4 is 5.32 Å². The van der Waals surface area contributed by atoms with Gasteiger partial charge in [0, 0.05) is 6.54 Å². The van der Waals surface area contributed by atoms with Crippen LogP contribution in [0.1, 0.15) is 5.56 Å². The third-order valence-corrected chi connectivity index (χ3v) is 4.00. The third kappa shape index (κ3) is 2.66. The molecule has 2 rings (SSSR count). The summed E-state index contributed by atoms with van der Waals surface area (Å²) in [6, 6.07) is 2.07. The molecule has 0 aromatic carbocycles. The zero-order valence-electron chi connectivity index (χ0n) is 6.83. The number of nitrogens with zero attached hydrogens (tertiary/aromatic N) is 2. The summed E-state index contributed by atoms with van der Waals surface area (Å²) in [5, 5.41) is 13.5. The Labute approximate surface area is 102 Å². The van der Waals surface area contributed by atoms with Crippen LogP contribution in [0.5, 0.6) is 0 Å². The van der Waals surface area contributed by atoms with Crippen molar-refractivity contribution in [2.45, 2.75) is 6.54 Å². The molecule has 0 aliphatic carbocycles. The predicted octanol–water partition coefficient (Wildman–Crippen LogP) is 3.63. The Bertz CT molecular complexity index is 388. The summed E-state index contributed by atoms with van der Waals surface area (Å²) in [6.07, 6.45) is 0. The van der Waals surface area contributed by atoms with Crippen LogP contribution in [-0.2, 0) is 6.54 Å². The second-order valence-electron chi connectivity index (χ2n) is 2.47. The van der Waals surface area contributed by atoms with E-state index in [9.17, 15) is 0 Å². The summed E-state index contributed by atoms with van der Waals surface area (Å²) in [5.41, 5.74) is 1.22. The Morgan fingerprint density at radius 2 is 2.36 bits per heavy atom. The smallest absolute Gasteiger partial charge is 0.208 e. The highest BCUT2D eigenvalue weighted by molar-refractivity contribution is 9.11. The van der Waals surface area contributed by atoms with Crippen molar-refractivity contribution in [1.29, 1.82) is 0 Å². The van der Waals surface area contributed by atoms with Crippen molar-refractivity contribution in [3.8, 4) is 0 Å². The molecule has 0 unspecified atom stereocenters. The van der Waals surface area contributed by atoms with Crippen molar-refractivity contribution < 1.29 is 0 Å². The van der Waals surface area contributed by atoms with Gasteiger partial charge in [0.15, 0.2) is 0 Å². The fraction of sp³-hybridized carbons (Fsp3) is 0.143. The molecule has 74 valence electrons. The molecule has 0 amide bonds. The van der Waals surface area contributed by atoms with Gasteiger partial charge in [0.25, 0.3) is 0 Å². The van der Waals surface area contributed by atoms with Gasteiger partial charge in [-0.1, -0.05) is 11.3 Å². The van der Waals surface area contributed by atoms with Crippen molar-refractivity contribution in [3.05, 3.63) is 25.3 Å². The second kappa shape index (κ2) is 4.57. The molecule has 0 aliphatic rings. The second-order valence-corrected chi connectivity index (χ2v) is 6.32. The summed E-state index contributed by atoms with van der Waals surface area (Å²) in [4.78, 5) is 0. The number of anilines is 1. The molecule has 7 heteroatoms. The quantitative estimate of drug-likeness (QED) is 0.941. The van der Waals surface area contributed by atoms with Crippen molar-refractivity contribution >= 4 is 55.3 Å². The van der Waals surface area contributed by atoms with Gasteiger partial charge >= 0.3 is 0 Å². The molecule has 0 fully saturated rings. The molecule has 0 atom stereocenters. The maximum atomic E-state index is 5.65. The van der Waals surface area contributed by atoms with Crippen LogP contribution in [0.3, 0.4) is 0 Å². The molecule has 2 heterocycles. The lowest BCUT2D eigenvalue weighted by molar-refractivity contribution is 1.05. The number of nitrogens with one attached hydrogen (secondary N) is 1. The predicted molar refractivity (Wildman–Crippen MR) is 64.3 cm³/mol. The van der Waals surface area contributed by atoms with Crippen LogP contribution in [0, 0.1) is 0 Å². The number of aromatic nitrogens is 2. The van der Waals surface area contributed by atoms with E-state index in [1.54, 1.807) is 11.3 Å². The van der Waals surface area contributed by atoms with Crippen LogP contribution in [0.4, 0.5) is 5.13 Å². The molecule has 0 saturated carbocycles. The third-order valence-electron chi connectivity index (χ3n) is 1.47. The summed E-state index contributed by atoms with van der Waals surface area (Å²) < 4.78 is 1.59. The van der Waals surface area contributed by atoms with E-state index < -0.39 is 0 Å². The van der Waals surface area contributed by atoms with E-state index in [1.165, 1.54) is 16.9 Å². The van der Waals surface area contributed by atoms with E-state index in [0.29, 0.717) is 4.47 Å². The lowest BCUT2D eigenvalue weighted by atomic mass is 10.3. The van der Waals surface area contributed by atoms with Crippen LogP contribution >= 0.6 is 50.2 Å². The molecular weight excluding hydrogens is 306 g/mol. The van der Waals surface area contributed by atoms with Crippen molar-refractivity contribution in [1.82, 2.24) is 10.2 Å². The van der Waals surface area contributed by atoms with Gasteiger partial charge in [0.1, 0.15) is 0 Å². The first-order valence-electron chi connectivity index (χ1n) is 3.70. The van der Waals surface area contributed by atoms with Crippen LogP contribution in [0.2, 0.25) is 4.47 Å². The van der Waals surface area contributed by atoms with Gasteiger partial charge < -0.3 is 5.32 Å². The zero-order chi connectivity index (χ0) is 9.97. The first-order chi connectivity index (χ1) is 6.74. The lowest BCUT2D eigenvalue weighted by Gasteiger charge is -1.97. The molecule has 0 spiro atoms. The Kier molecular flexibility index (Phi) is 3.38. The van der Waals surface area contributed by atoms with Crippen LogP contribution in [-0.4, -0.2) is 10.2 Å². The fourth-order valence-corrected chi connectivity index (χ4v) is 2.83. The van der Waals surface area contributed by atoms with E-state index >= 15 is 0 Å². The van der Waals surface area contributed by atoms with Crippen LogP contribution in [0.25, 0.3) is 0 Å². The zero-order valence-corrected chi connectivity index (χ0v) is 10.8. The number of thiophene rings is 1. The summed E-state index contributed by atoms with van der Waals surface area (Å²) >= 11 is 12.1. The first kappa shape index (κ1) is 10.4. The Morgan fingerprint density at radius 1 is 1.50 bits per heavy atom. The molecule has 0 saturated heterocycles. The molecule has 14 heavy (non-hydrogen) atoms. The lowest BCUT2D eigenvalue weighted by Crippen LogP contribution is -1.97. The maximum Gasteiger partial charge on any atom is 0.208 e. The maximum absolute atomic E-state index is 5.65. The number of rotatable bonds is 3. The minimum absolute atomic E-state index is 0.457.